The zero-order chi connectivity index (χ0) is 19.5. The average Bonchev–Trinajstić information content (AvgIpc) is 3.31. The van der Waals surface area contributed by atoms with Crippen molar-refractivity contribution in [1.82, 2.24) is 24.1 Å². The number of imidazole rings is 1. The van der Waals surface area contributed by atoms with Crippen molar-refractivity contribution in [1.29, 1.82) is 0 Å². The third kappa shape index (κ3) is 3.72. The number of benzene rings is 1. The fraction of sp³-hybridized carbons (Fsp3) is 0.300. The molecule has 0 aliphatic rings. The number of aromatic nitrogens is 5. The summed E-state index contributed by atoms with van der Waals surface area (Å²) in [5.41, 5.74) is 3.14. The molecule has 8 heteroatoms. The first-order chi connectivity index (χ1) is 13.7. The van der Waals surface area contributed by atoms with Crippen LogP contribution in [0.1, 0.15) is 29.7 Å². The molecule has 0 unspecified atom stereocenters. The van der Waals surface area contributed by atoms with E-state index >= 15 is 0 Å². The molecule has 0 fully saturated rings. The van der Waals surface area contributed by atoms with E-state index in [1.54, 1.807) is 23.0 Å². The third-order valence-corrected chi connectivity index (χ3v) is 4.77. The maximum atomic E-state index is 14.1. The second-order valence-corrected chi connectivity index (χ2v) is 6.78. The summed E-state index contributed by atoms with van der Waals surface area (Å²) in [7, 11) is 0. The van der Waals surface area contributed by atoms with Crippen molar-refractivity contribution in [3.8, 4) is 11.3 Å². The Morgan fingerprint density at radius 2 is 2.04 bits per heavy atom. The zero-order valence-electron chi connectivity index (χ0n) is 15.6. The Morgan fingerprint density at radius 1 is 1.18 bits per heavy atom. The molecule has 28 heavy (non-hydrogen) atoms. The van der Waals surface area contributed by atoms with Crippen LogP contribution in [0.4, 0.5) is 8.78 Å². The van der Waals surface area contributed by atoms with Gasteiger partial charge in [-0.25, -0.2) is 0 Å². The Labute approximate surface area is 162 Å². The van der Waals surface area contributed by atoms with E-state index < -0.39 is 0 Å². The van der Waals surface area contributed by atoms with Crippen LogP contribution in [0.2, 0.25) is 0 Å². The number of hydrogen-bond acceptors (Lipinski definition) is 3. The average molecular weight is 379 g/mol. The van der Waals surface area contributed by atoms with Gasteiger partial charge in [-0.1, -0.05) is 0 Å². The van der Waals surface area contributed by atoms with Crippen LogP contribution in [-0.2, 0) is 13.0 Å². The van der Waals surface area contributed by atoms with E-state index in [-0.39, 0.29) is 12.5 Å². The Balaban J connectivity index is 1.71. The topological polar surface area (TPSA) is 48.0 Å². The van der Waals surface area contributed by atoms with E-state index in [1.165, 1.54) is 6.07 Å². The second-order valence-electron chi connectivity index (χ2n) is 6.78. The van der Waals surface area contributed by atoms with Crippen molar-refractivity contribution in [2.24, 2.45) is 0 Å². The molecule has 0 spiro atoms. The number of unbranched alkanes of at least 4 members (excludes halogenated alkanes) is 1. The minimum atomic E-state index is -0.322. The molecule has 4 rings (SSSR count). The fourth-order valence-electron chi connectivity index (χ4n) is 3.31. The molecule has 3 heterocycles. The summed E-state index contributed by atoms with van der Waals surface area (Å²) in [4.78, 5) is 8.98. The summed E-state index contributed by atoms with van der Waals surface area (Å²) < 4.78 is 30.2. The van der Waals surface area contributed by atoms with Gasteiger partial charge in [0.2, 0.25) is 0 Å². The molecule has 4 aromatic rings. The molecular weight excluding hydrogens is 359 g/mol. The molecule has 0 aliphatic carbocycles. The molecule has 0 saturated carbocycles. The van der Waals surface area contributed by atoms with Crippen LogP contribution in [-0.4, -0.2) is 37.7 Å². The molecule has 142 valence electrons. The van der Waals surface area contributed by atoms with Gasteiger partial charge in [0.15, 0.2) is 0 Å². The van der Waals surface area contributed by atoms with Gasteiger partial charge in [0.05, 0.1) is 0 Å². The molecule has 0 N–H and O–H groups in total. The summed E-state index contributed by atoms with van der Waals surface area (Å²) in [5.74, 6) is 1.15. The van der Waals surface area contributed by atoms with E-state index in [4.69, 9.17) is 0 Å². The first-order valence-corrected chi connectivity index (χ1v) is 9.32. The predicted molar refractivity (Wildman–Crippen MR) is 105 cm³/mol. The van der Waals surface area contributed by atoms with Crippen LogP contribution in [0, 0.1) is 12.7 Å². The number of hydrogen-bond donors (Lipinski definition) is 0. The number of fused-ring (bicyclic) bond motifs is 1. The second kappa shape index (κ2) is 8.00. The standard InChI is InChI=1S/C20H20BF2N5/c1-14-25-19(26-28(14)10-5-4-8-22)17-13-27-11-9-24-20(27)16(21-17)12-15-6-2-3-7-18(15)23/h2-3,6-7,9,11,13H,4-5,8,10,12H2,1H3. The van der Waals surface area contributed by atoms with Crippen molar-refractivity contribution in [2.75, 3.05) is 6.67 Å². The van der Waals surface area contributed by atoms with Gasteiger partial charge in [0, 0.05) is 0 Å². The van der Waals surface area contributed by atoms with Gasteiger partial charge in [0.25, 0.3) is 0 Å². The fourth-order valence-corrected chi connectivity index (χ4v) is 3.31. The van der Waals surface area contributed by atoms with Crippen molar-refractivity contribution in [2.45, 2.75) is 32.7 Å². The van der Waals surface area contributed by atoms with Crippen molar-refractivity contribution in [3.63, 3.8) is 0 Å². The van der Waals surface area contributed by atoms with Gasteiger partial charge in [-0.3, -0.25) is 0 Å². The zero-order valence-corrected chi connectivity index (χ0v) is 15.6. The van der Waals surface area contributed by atoms with Crippen molar-refractivity contribution >= 4 is 12.6 Å². The maximum absolute atomic E-state index is 14.1. The quantitative estimate of drug-likeness (QED) is 0.460. The molecule has 5 nitrogen and oxygen atoms in total. The van der Waals surface area contributed by atoms with Gasteiger partial charge >= 0.3 is 162 Å². The summed E-state index contributed by atoms with van der Waals surface area (Å²) in [6.07, 6.45) is 7.17. The van der Waals surface area contributed by atoms with Crippen LogP contribution in [0.3, 0.4) is 0 Å². The molecule has 3 aromatic heterocycles. The number of alkyl halides is 1. The van der Waals surface area contributed by atoms with Crippen LogP contribution >= 0.6 is 0 Å². The first kappa shape index (κ1) is 18.5. The first-order valence-electron chi connectivity index (χ1n) is 9.32. The van der Waals surface area contributed by atoms with Gasteiger partial charge in [-0.05, 0) is 0 Å². The number of aryl methyl sites for hydroxylation is 2. The normalized spacial score (nSPS) is 11.2. The van der Waals surface area contributed by atoms with Crippen molar-refractivity contribution in [3.05, 3.63) is 65.5 Å². The van der Waals surface area contributed by atoms with E-state index in [9.17, 15) is 8.78 Å². The van der Waals surface area contributed by atoms with E-state index in [0.29, 0.717) is 30.8 Å². The summed E-state index contributed by atoms with van der Waals surface area (Å²) >= 11 is 0. The Kier molecular flexibility index (Phi) is 5.28. The Morgan fingerprint density at radius 3 is 2.86 bits per heavy atom. The Hall–Kier alpha value is -2.90. The van der Waals surface area contributed by atoms with Crippen LogP contribution in [0.5, 0.6) is 0 Å². The molecule has 1 aromatic carbocycles. The Bertz CT molecular complexity index is 1110. The predicted octanol–water partition coefficient (Wildman–Crippen LogP) is 3.72. The number of rotatable bonds is 7. The number of nitrogens with zero attached hydrogens (tertiary/aromatic N) is 5. The molecular formula is C20H20BF2N5. The summed E-state index contributed by atoms with van der Waals surface area (Å²) in [6, 6.07) is 6.76. The van der Waals surface area contributed by atoms with E-state index in [1.807, 2.05) is 36.7 Å². The molecule has 0 bridgehead atoms. The van der Waals surface area contributed by atoms with Crippen LogP contribution in [0.15, 0.2) is 42.9 Å². The third-order valence-electron chi connectivity index (χ3n) is 4.77. The molecule has 0 radical (unpaired) electrons. The summed E-state index contributed by atoms with van der Waals surface area (Å²) in [6.45, 7) is 4.17. The summed E-state index contributed by atoms with van der Waals surface area (Å²) in [5, 5.41) is 4.58. The monoisotopic (exact) mass is 379 g/mol. The molecule has 0 aliphatic heterocycles. The van der Waals surface area contributed by atoms with E-state index in [2.05, 4.69) is 15.1 Å². The van der Waals surface area contributed by atoms with Crippen LogP contribution in [0.25, 0.3) is 16.9 Å². The van der Waals surface area contributed by atoms with Gasteiger partial charge < -0.3 is 0 Å². The SMILES string of the molecule is Cc1nc(-c2bc(Cc3ccccc3F)c3nccn3c2)nn1CCCCF. The van der Waals surface area contributed by atoms with Crippen molar-refractivity contribution < 1.29 is 8.78 Å². The van der Waals surface area contributed by atoms with Gasteiger partial charge in [-0.2, -0.15) is 0 Å². The molecule has 0 amide bonds. The minimum absolute atomic E-state index is 0.233. The number of halogens is 2. The van der Waals surface area contributed by atoms with Gasteiger partial charge in [0.1, 0.15) is 0 Å². The van der Waals surface area contributed by atoms with E-state index in [0.717, 1.165) is 28.8 Å². The molecule has 0 saturated heterocycles. The van der Waals surface area contributed by atoms with Gasteiger partial charge in [-0.15, -0.1) is 0 Å². The molecule has 0 atom stereocenters. The van der Waals surface area contributed by atoms with Crippen LogP contribution < -0.4 is 0 Å².